The number of halogens is 1. The Morgan fingerprint density at radius 3 is 2.81 bits per heavy atom. The monoisotopic (exact) mass is 434 g/mol. The van der Waals surface area contributed by atoms with E-state index in [2.05, 4.69) is 38.4 Å². The third-order valence-electron chi connectivity index (χ3n) is 6.05. The van der Waals surface area contributed by atoms with Gasteiger partial charge in [-0.3, -0.25) is 4.90 Å². The molecule has 3 aromatic heterocycles. The summed E-state index contributed by atoms with van der Waals surface area (Å²) in [5.41, 5.74) is 10.2. The topological polar surface area (TPSA) is 90.2 Å². The van der Waals surface area contributed by atoms with Gasteiger partial charge in [0.25, 0.3) is 0 Å². The molecule has 2 N–H and O–H groups in total. The molecule has 1 aromatic carbocycles. The molecule has 0 unspecified atom stereocenters. The zero-order chi connectivity index (χ0) is 22.4. The van der Waals surface area contributed by atoms with E-state index >= 15 is 0 Å². The quantitative estimate of drug-likeness (QED) is 0.519. The van der Waals surface area contributed by atoms with Crippen LogP contribution in [0.2, 0.25) is 0 Å². The highest BCUT2D eigenvalue weighted by Crippen LogP contribution is 2.26. The molecule has 0 atom stereocenters. The van der Waals surface area contributed by atoms with Gasteiger partial charge in [0.05, 0.1) is 11.4 Å². The molecule has 0 amide bonds. The number of anilines is 1. The Bertz CT molecular complexity index is 1290. The molecule has 0 fully saturated rings. The molecule has 4 heterocycles. The van der Waals surface area contributed by atoms with Crippen LogP contribution in [0.15, 0.2) is 30.5 Å². The van der Waals surface area contributed by atoms with Gasteiger partial charge >= 0.3 is 0 Å². The summed E-state index contributed by atoms with van der Waals surface area (Å²) in [7, 11) is 0. The SMILES string of the molecule is Cc1c(-c2cccc(F)c2)nc(N)n2nc(CCN3CCn4c(cnc4C(C)C)C3)nc12. The van der Waals surface area contributed by atoms with Crippen LogP contribution in [-0.4, -0.2) is 47.1 Å². The first-order valence-corrected chi connectivity index (χ1v) is 10.9. The average Bonchev–Trinajstić information content (AvgIpc) is 3.39. The van der Waals surface area contributed by atoms with E-state index < -0.39 is 0 Å². The first-order valence-electron chi connectivity index (χ1n) is 10.9. The zero-order valence-corrected chi connectivity index (χ0v) is 18.6. The van der Waals surface area contributed by atoms with E-state index in [9.17, 15) is 4.39 Å². The third kappa shape index (κ3) is 3.62. The summed E-state index contributed by atoms with van der Waals surface area (Å²) in [5.74, 6) is 2.24. The van der Waals surface area contributed by atoms with Crippen LogP contribution in [0.3, 0.4) is 0 Å². The highest BCUT2D eigenvalue weighted by molar-refractivity contribution is 5.71. The van der Waals surface area contributed by atoms with Gasteiger partial charge in [0.1, 0.15) is 11.6 Å². The molecule has 1 aliphatic heterocycles. The molecule has 4 aromatic rings. The third-order valence-corrected chi connectivity index (χ3v) is 6.05. The second kappa shape index (κ2) is 7.98. The number of hydrogen-bond donors (Lipinski definition) is 1. The molecule has 8 nitrogen and oxygen atoms in total. The van der Waals surface area contributed by atoms with Crippen LogP contribution in [0.5, 0.6) is 0 Å². The molecule has 166 valence electrons. The predicted octanol–water partition coefficient (Wildman–Crippen LogP) is 3.20. The standard InChI is InChI=1S/C23H27FN8/c1-14(2)21-26-12-18-13-30(9-10-31(18)21)8-7-19-27-22-15(3)20(28-23(25)32(22)29-19)16-5-4-6-17(24)11-16/h4-6,11-12,14H,7-10,13H2,1-3H3,(H2,25,28). The van der Waals surface area contributed by atoms with Crippen molar-refractivity contribution in [1.82, 2.24) is 34.0 Å². The van der Waals surface area contributed by atoms with Gasteiger partial charge in [0.2, 0.25) is 5.95 Å². The first kappa shape index (κ1) is 20.6. The van der Waals surface area contributed by atoms with Gasteiger partial charge in [-0.25, -0.2) is 19.3 Å². The van der Waals surface area contributed by atoms with E-state index in [-0.39, 0.29) is 11.8 Å². The van der Waals surface area contributed by atoms with Crippen LogP contribution in [0.4, 0.5) is 10.3 Å². The van der Waals surface area contributed by atoms with Crippen molar-refractivity contribution in [2.24, 2.45) is 0 Å². The Morgan fingerprint density at radius 2 is 2.03 bits per heavy atom. The average molecular weight is 435 g/mol. The molecule has 0 bridgehead atoms. The number of hydrogen-bond acceptors (Lipinski definition) is 6. The molecule has 0 aliphatic carbocycles. The molecule has 0 spiro atoms. The minimum atomic E-state index is -0.312. The molecule has 9 heteroatoms. The number of fused-ring (bicyclic) bond motifs is 2. The summed E-state index contributed by atoms with van der Waals surface area (Å²) in [4.78, 5) is 16.2. The fraction of sp³-hybridized carbons (Fsp3) is 0.391. The van der Waals surface area contributed by atoms with Gasteiger partial charge in [-0.15, -0.1) is 5.10 Å². The fourth-order valence-corrected chi connectivity index (χ4v) is 4.40. The lowest BCUT2D eigenvalue weighted by Crippen LogP contribution is -2.35. The summed E-state index contributed by atoms with van der Waals surface area (Å²) in [6.07, 6.45) is 2.70. The molecule has 5 rings (SSSR count). The van der Waals surface area contributed by atoms with Crippen molar-refractivity contribution >= 4 is 11.6 Å². The second-order valence-electron chi connectivity index (χ2n) is 8.66. The fourth-order valence-electron chi connectivity index (χ4n) is 4.40. The van der Waals surface area contributed by atoms with Crippen molar-refractivity contribution in [3.05, 3.63) is 59.2 Å². The van der Waals surface area contributed by atoms with Crippen LogP contribution in [0, 0.1) is 12.7 Å². The van der Waals surface area contributed by atoms with Crippen LogP contribution < -0.4 is 5.73 Å². The predicted molar refractivity (Wildman–Crippen MR) is 121 cm³/mol. The number of nitrogen functional groups attached to an aromatic ring is 1. The number of nitrogens with two attached hydrogens (primary N) is 1. The Balaban J connectivity index is 1.35. The van der Waals surface area contributed by atoms with Crippen LogP contribution in [0.1, 0.15) is 42.7 Å². The summed E-state index contributed by atoms with van der Waals surface area (Å²) in [5, 5.41) is 4.58. The maximum Gasteiger partial charge on any atom is 0.223 e. The summed E-state index contributed by atoms with van der Waals surface area (Å²) in [6.45, 7) is 9.93. The van der Waals surface area contributed by atoms with Gasteiger partial charge in [-0.2, -0.15) is 4.52 Å². The van der Waals surface area contributed by atoms with Gasteiger partial charge < -0.3 is 10.3 Å². The van der Waals surface area contributed by atoms with Crippen molar-refractivity contribution in [3.8, 4) is 11.3 Å². The molecular formula is C23H27FN8. The molecular weight excluding hydrogens is 407 g/mol. The normalized spacial score (nSPS) is 14.4. The number of aromatic nitrogens is 6. The molecule has 0 radical (unpaired) electrons. The van der Waals surface area contributed by atoms with Gasteiger partial charge in [-0.1, -0.05) is 26.0 Å². The van der Waals surface area contributed by atoms with E-state index in [0.717, 1.165) is 43.4 Å². The van der Waals surface area contributed by atoms with Gasteiger partial charge in [0.15, 0.2) is 11.5 Å². The molecule has 1 aliphatic rings. The largest absolute Gasteiger partial charge is 0.368 e. The van der Waals surface area contributed by atoms with Crippen molar-refractivity contribution in [2.45, 2.75) is 46.2 Å². The zero-order valence-electron chi connectivity index (χ0n) is 18.6. The lowest BCUT2D eigenvalue weighted by molar-refractivity contribution is 0.220. The first-order chi connectivity index (χ1) is 15.4. The smallest absolute Gasteiger partial charge is 0.223 e. The van der Waals surface area contributed by atoms with E-state index in [1.807, 2.05) is 19.2 Å². The summed E-state index contributed by atoms with van der Waals surface area (Å²) >= 11 is 0. The maximum atomic E-state index is 13.7. The Hall–Kier alpha value is -3.33. The summed E-state index contributed by atoms with van der Waals surface area (Å²) < 4.78 is 17.6. The highest BCUT2D eigenvalue weighted by Gasteiger charge is 2.21. The lowest BCUT2D eigenvalue weighted by Gasteiger charge is -2.29. The van der Waals surface area contributed by atoms with Crippen molar-refractivity contribution in [2.75, 3.05) is 18.8 Å². The lowest BCUT2D eigenvalue weighted by atomic mass is 10.1. The van der Waals surface area contributed by atoms with Gasteiger partial charge in [0, 0.05) is 55.8 Å². The molecule has 32 heavy (non-hydrogen) atoms. The van der Waals surface area contributed by atoms with E-state index in [0.29, 0.717) is 29.2 Å². The second-order valence-corrected chi connectivity index (χ2v) is 8.66. The van der Waals surface area contributed by atoms with Crippen molar-refractivity contribution < 1.29 is 4.39 Å². The minimum Gasteiger partial charge on any atom is -0.368 e. The van der Waals surface area contributed by atoms with Crippen LogP contribution in [0.25, 0.3) is 16.9 Å². The van der Waals surface area contributed by atoms with Crippen molar-refractivity contribution in [3.63, 3.8) is 0 Å². The van der Waals surface area contributed by atoms with Crippen molar-refractivity contribution in [1.29, 1.82) is 0 Å². The number of benzene rings is 1. The number of rotatable bonds is 5. The number of aryl methyl sites for hydroxylation is 1. The van der Waals surface area contributed by atoms with E-state index in [1.54, 1.807) is 10.6 Å². The molecule has 0 saturated carbocycles. The molecule has 0 saturated heterocycles. The van der Waals surface area contributed by atoms with E-state index in [4.69, 9.17) is 10.7 Å². The minimum absolute atomic E-state index is 0.242. The highest BCUT2D eigenvalue weighted by atomic mass is 19.1. The van der Waals surface area contributed by atoms with Crippen LogP contribution in [-0.2, 0) is 19.5 Å². The van der Waals surface area contributed by atoms with Gasteiger partial charge in [-0.05, 0) is 19.1 Å². The Labute approximate surface area is 185 Å². The number of nitrogens with zero attached hydrogens (tertiary/aromatic N) is 7. The maximum absolute atomic E-state index is 13.7. The van der Waals surface area contributed by atoms with E-state index in [1.165, 1.54) is 17.8 Å². The van der Waals surface area contributed by atoms with Crippen LogP contribution >= 0.6 is 0 Å². The Morgan fingerprint density at radius 1 is 1.19 bits per heavy atom. The summed E-state index contributed by atoms with van der Waals surface area (Å²) in [6, 6.07) is 6.34. The number of imidazole rings is 1. The Kier molecular flexibility index (Phi) is 5.13.